The maximum atomic E-state index is 5.77. The molecule has 2 atom stereocenters. The highest BCUT2D eigenvalue weighted by atomic mass is 16.5. The lowest BCUT2D eigenvalue weighted by atomic mass is 10.1. The molecule has 3 saturated heterocycles. The van der Waals surface area contributed by atoms with Crippen molar-refractivity contribution in [3.8, 4) is 11.3 Å². The number of benzene rings is 1. The number of hydrogen-bond donors (Lipinski definition) is 3. The van der Waals surface area contributed by atoms with Crippen molar-refractivity contribution in [2.24, 2.45) is 0 Å². The second-order valence-electron chi connectivity index (χ2n) is 9.68. The van der Waals surface area contributed by atoms with E-state index in [1.54, 1.807) is 6.33 Å². The van der Waals surface area contributed by atoms with Crippen LogP contribution < -0.4 is 20.4 Å². The Bertz CT molecular complexity index is 1330. The molecule has 0 saturated carbocycles. The van der Waals surface area contributed by atoms with E-state index in [2.05, 4.69) is 75.7 Å². The van der Waals surface area contributed by atoms with E-state index in [4.69, 9.17) is 4.74 Å². The van der Waals surface area contributed by atoms with E-state index in [1.165, 1.54) is 0 Å². The molecule has 7 rings (SSSR count). The third kappa shape index (κ3) is 3.92. The van der Waals surface area contributed by atoms with Crippen molar-refractivity contribution in [1.29, 1.82) is 0 Å². The van der Waals surface area contributed by atoms with Crippen LogP contribution in [0.2, 0.25) is 0 Å². The van der Waals surface area contributed by atoms with E-state index in [-0.39, 0.29) is 0 Å². The first kappa shape index (κ1) is 21.5. The maximum Gasteiger partial charge on any atom is 0.225 e. The maximum absolute atomic E-state index is 5.77. The average Bonchev–Trinajstić information content (AvgIpc) is 3.47. The SMILES string of the molecule is c1nc(N2[C@@H]3CC[C@H]2COC3)c2cc(-c3ccc(Nc4cnc(N5CCNCC5)nc4)cc3)[nH]c2n1. The van der Waals surface area contributed by atoms with Crippen LogP contribution in [0.1, 0.15) is 12.8 Å². The number of hydrogen-bond acceptors (Lipinski definition) is 9. The van der Waals surface area contributed by atoms with Gasteiger partial charge in [0.25, 0.3) is 0 Å². The third-order valence-corrected chi connectivity index (χ3v) is 7.41. The molecule has 10 nitrogen and oxygen atoms in total. The first-order chi connectivity index (χ1) is 17.8. The summed E-state index contributed by atoms with van der Waals surface area (Å²) < 4.78 is 5.77. The molecular formula is C26H29N9O. The lowest BCUT2D eigenvalue weighted by Crippen LogP contribution is -2.46. The number of aromatic amines is 1. The molecule has 2 bridgehead atoms. The predicted octanol–water partition coefficient (Wildman–Crippen LogP) is 2.94. The zero-order chi connectivity index (χ0) is 23.9. The number of aromatic nitrogens is 5. The van der Waals surface area contributed by atoms with Crippen LogP contribution in [-0.2, 0) is 4.74 Å². The zero-order valence-corrected chi connectivity index (χ0v) is 20.0. The van der Waals surface area contributed by atoms with Crippen LogP contribution in [0, 0.1) is 0 Å². The fraction of sp³-hybridized carbons (Fsp3) is 0.385. The highest BCUT2D eigenvalue weighted by Gasteiger charge is 2.39. The number of rotatable bonds is 5. The van der Waals surface area contributed by atoms with Crippen LogP contribution >= 0.6 is 0 Å². The van der Waals surface area contributed by atoms with Crippen LogP contribution in [-0.4, -0.2) is 76.4 Å². The van der Waals surface area contributed by atoms with Gasteiger partial charge in [-0.25, -0.2) is 19.9 Å². The number of ether oxygens (including phenoxy) is 1. The summed E-state index contributed by atoms with van der Waals surface area (Å²) in [6.07, 6.45) is 7.66. The summed E-state index contributed by atoms with van der Waals surface area (Å²) in [6, 6.07) is 11.3. The van der Waals surface area contributed by atoms with Gasteiger partial charge in [0, 0.05) is 37.6 Å². The van der Waals surface area contributed by atoms with E-state index < -0.39 is 0 Å². The van der Waals surface area contributed by atoms with Gasteiger partial charge in [0.05, 0.1) is 48.8 Å². The molecule has 3 aromatic heterocycles. The second kappa shape index (κ2) is 9.03. The molecule has 0 spiro atoms. The van der Waals surface area contributed by atoms with Gasteiger partial charge in [-0.1, -0.05) is 12.1 Å². The molecule has 0 unspecified atom stereocenters. The van der Waals surface area contributed by atoms with Gasteiger partial charge in [0.1, 0.15) is 17.8 Å². The molecule has 184 valence electrons. The number of anilines is 4. The molecule has 1 aromatic carbocycles. The fourth-order valence-electron chi connectivity index (χ4n) is 5.58. The van der Waals surface area contributed by atoms with Crippen molar-refractivity contribution in [2.45, 2.75) is 24.9 Å². The standard InChI is InChI=1S/C26H29N9O/c1-3-18(32-19-12-28-26(29-13-19)34-9-7-27-8-10-34)4-2-17(1)23-11-22-24(33-23)30-16-31-25(22)35-20-5-6-21(35)15-36-14-20/h1-4,11-13,16,20-21,27,32H,5-10,14-15H2,(H,30,31,33)/t20-,21+. The summed E-state index contributed by atoms with van der Waals surface area (Å²) >= 11 is 0. The first-order valence-electron chi connectivity index (χ1n) is 12.7. The van der Waals surface area contributed by atoms with E-state index in [1.807, 2.05) is 12.4 Å². The number of morpholine rings is 1. The van der Waals surface area contributed by atoms with Crippen molar-refractivity contribution >= 4 is 34.2 Å². The minimum atomic E-state index is 0.403. The topological polar surface area (TPSA) is 107 Å². The van der Waals surface area contributed by atoms with Gasteiger partial charge < -0.3 is 30.2 Å². The summed E-state index contributed by atoms with van der Waals surface area (Å²) in [7, 11) is 0. The first-order valence-corrected chi connectivity index (χ1v) is 12.7. The Kier molecular flexibility index (Phi) is 5.40. The number of H-pyrrole nitrogens is 1. The largest absolute Gasteiger partial charge is 0.377 e. The molecule has 3 aliphatic rings. The minimum absolute atomic E-state index is 0.403. The summed E-state index contributed by atoms with van der Waals surface area (Å²) in [5.74, 6) is 1.80. The number of fused-ring (bicyclic) bond motifs is 3. The Labute approximate surface area is 209 Å². The molecule has 3 aliphatic heterocycles. The lowest BCUT2D eigenvalue weighted by molar-refractivity contribution is 0.0904. The van der Waals surface area contributed by atoms with Crippen LogP contribution in [0.5, 0.6) is 0 Å². The van der Waals surface area contributed by atoms with Crippen LogP contribution in [0.15, 0.2) is 49.1 Å². The van der Waals surface area contributed by atoms with Crippen LogP contribution in [0.25, 0.3) is 22.3 Å². The van der Waals surface area contributed by atoms with E-state index in [9.17, 15) is 0 Å². The molecular weight excluding hydrogens is 454 g/mol. The molecule has 10 heteroatoms. The van der Waals surface area contributed by atoms with Gasteiger partial charge in [-0.05, 0) is 36.6 Å². The highest BCUT2D eigenvalue weighted by molar-refractivity contribution is 5.92. The van der Waals surface area contributed by atoms with E-state index in [0.717, 1.165) is 97.7 Å². The minimum Gasteiger partial charge on any atom is -0.377 e. The van der Waals surface area contributed by atoms with Gasteiger partial charge in [-0.15, -0.1) is 0 Å². The molecule has 0 radical (unpaired) electrons. The van der Waals surface area contributed by atoms with Gasteiger partial charge in [-0.3, -0.25) is 0 Å². The molecule has 36 heavy (non-hydrogen) atoms. The van der Waals surface area contributed by atoms with Crippen molar-refractivity contribution in [1.82, 2.24) is 30.2 Å². The summed E-state index contributed by atoms with van der Waals surface area (Å²) in [6.45, 7) is 5.35. The van der Waals surface area contributed by atoms with Crippen molar-refractivity contribution < 1.29 is 4.74 Å². The Morgan fingerprint density at radius 1 is 0.889 bits per heavy atom. The average molecular weight is 484 g/mol. The van der Waals surface area contributed by atoms with E-state index >= 15 is 0 Å². The summed E-state index contributed by atoms with van der Waals surface area (Å²) in [4.78, 5) is 26.4. The van der Waals surface area contributed by atoms with Gasteiger partial charge >= 0.3 is 0 Å². The van der Waals surface area contributed by atoms with Crippen molar-refractivity contribution in [3.63, 3.8) is 0 Å². The number of nitrogens with one attached hydrogen (secondary N) is 3. The van der Waals surface area contributed by atoms with Crippen molar-refractivity contribution in [3.05, 3.63) is 49.1 Å². The Morgan fingerprint density at radius 2 is 1.64 bits per heavy atom. The molecule has 6 heterocycles. The fourth-order valence-corrected chi connectivity index (χ4v) is 5.58. The van der Waals surface area contributed by atoms with Gasteiger partial charge in [0.15, 0.2) is 0 Å². The van der Waals surface area contributed by atoms with Gasteiger partial charge in [0.2, 0.25) is 5.95 Å². The lowest BCUT2D eigenvalue weighted by Gasteiger charge is -2.35. The number of piperazine rings is 1. The predicted molar refractivity (Wildman–Crippen MR) is 140 cm³/mol. The molecule has 0 aliphatic carbocycles. The van der Waals surface area contributed by atoms with Crippen molar-refractivity contribution in [2.75, 3.05) is 54.5 Å². The molecule has 3 N–H and O–H groups in total. The Balaban J connectivity index is 1.09. The molecule has 3 fully saturated rings. The third-order valence-electron chi connectivity index (χ3n) is 7.41. The van der Waals surface area contributed by atoms with Gasteiger partial charge in [-0.2, -0.15) is 0 Å². The zero-order valence-electron chi connectivity index (χ0n) is 20.0. The summed E-state index contributed by atoms with van der Waals surface area (Å²) in [5.41, 5.74) is 4.85. The monoisotopic (exact) mass is 483 g/mol. The van der Waals surface area contributed by atoms with Crippen LogP contribution in [0.3, 0.4) is 0 Å². The summed E-state index contributed by atoms with van der Waals surface area (Å²) in [5, 5.41) is 7.82. The number of nitrogens with zero attached hydrogens (tertiary/aromatic N) is 6. The smallest absolute Gasteiger partial charge is 0.225 e. The second-order valence-corrected chi connectivity index (χ2v) is 9.68. The quantitative estimate of drug-likeness (QED) is 0.395. The molecule has 0 amide bonds. The van der Waals surface area contributed by atoms with Crippen LogP contribution in [0.4, 0.5) is 23.1 Å². The highest BCUT2D eigenvalue weighted by Crippen LogP contribution is 2.37. The molecule has 4 aromatic rings. The Hall–Kier alpha value is -3.76. The van der Waals surface area contributed by atoms with E-state index in [0.29, 0.717) is 12.1 Å². The Morgan fingerprint density at radius 3 is 2.39 bits per heavy atom. The normalized spacial score (nSPS) is 21.8.